The predicted molar refractivity (Wildman–Crippen MR) is 74.7 cm³/mol. The van der Waals surface area contributed by atoms with E-state index in [4.69, 9.17) is 0 Å². The van der Waals surface area contributed by atoms with Crippen molar-refractivity contribution in [2.45, 2.75) is 26.3 Å². The summed E-state index contributed by atoms with van der Waals surface area (Å²) in [6.45, 7) is 2.85. The third kappa shape index (κ3) is 2.88. The van der Waals surface area contributed by atoms with E-state index < -0.39 is 0 Å². The van der Waals surface area contributed by atoms with Crippen molar-refractivity contribution < 1.29 is 4.79 Å². The lowest BCUT2D eigenvalue weighted by atomic mass is 10.1. The molecule has 94 valence electrons. The molecule has 0 aliphatic carbocycles. The highest BCUT2D eigenvalue weighted by molar-refractivity contribution is 9.10. The zero-order valence-corrected chi connectivity index (χ0v) is 11.9. The number of halogens is 1. The Hall–Kier alpha value is -1.42. The Kier molecular flexibility index (Phi) is 4.31. The van der Waals surface area contributed by atoms with Crippen LogP contribution in [0, 0.1) is 0 Å². The number of ketones is 1. The fraction of sp³-hybridized carbons (Fsp3) is 0.286. The molecule has 0 bridgehead atoms. The second kappa shape index (κ2) is 5.96. The first-order valence-corrected chi connectivity index (χ1v) is 6.80. The maximum Gasteiger partial charge on any atom is 0.185 e. The molecule has 0 amide bonds. The number of Topliss-reactive ketones (excluding diaryl/α,β-unsaturated/α-hetero) is 1. The molecule has 2 rings (SSSR count). The molecule has 0 aliphatic heterocycles. The number of carbonyl (C=O) groups is 1. The van der Waals surface area contributed by atoms with Crippen LogP contribution in [0.2, 0.25) is 0 Å². The number of aromatic nitrogens is 2. The molecule has 0 saturated heterocycles. The molecule has 1 aromatic heterocycles. The number of rotatable bonds is 5. The average molecular weight is 307 g/mol. The van der Waals surface area contributed by atoms with Crippen molar-refractivity contribution in [3.8, 4) is 0 Å². The molecular weight excluding hydrogens is 292 g/mol. The Morgan fingerprint density at radius 2 is 2.11 bits per heavy atom. The first-order chi connectivity index (χ1) is 8.72. The fourth-order valence-electron chi connectivity index (χ4n) is 1.86. The number of aryl methyl sites for hydroxylation is 1. The Morgan fingerprint density at radius 3 is 2.83 bits per heavy atom. The monoisotopic (exact) mass is 306 g/mol. The minimum absolute atomic E-state index is 0.104. The van der Waals surface area contributed by atoms with Gasteiger partial charge in [0.2, 0.25) is 0 Å². The van der Waals surface area contributed by atoms with Gasteiger partial charge in [0.25, 0.3) is 0 Å². The molecule has 0 radical (unpaired) electrons. The average Bonchev–Trinajstić information content (AvgIpc) is 2.81. The van der Waals surface area contributed by atoms with E-state index in [0.717, 1.165) is 23.0 Å². The van der Waals surface area contributed by atoms with E-state index in [1.54, 1.807) is 16.9 Å². The summed E-state index contributed by atoms with van der Waals surface area (Å²) < 4.78 is 2.75. The number of nitrogens with zero attached hydrogens (tertiary/aromatic N) is 2. The normalized spacial score (nSPS) is 10.6. The smallest absolute Gasteiger partial charge is 0.185 e. The van der Waals surface area contributed by atoms with Crippen LogP contribution in [-0.4, -0.2) is 15.6 Å². The van der Waals surface area contributed by atoms with Crippen LogP contribution in [-0.2, 0) is 13.0 Å². The summed E-state index contributed by atoms with van der Waals surface area (Å²) in [6.07, 6.45) is 3.05. The van der Waals surface area contributed by atoms with E-state index in [1.165, 1.54) is 0 Å². The van der Waals surface area contributed by atoms with Crippen LogP contribution in [0.1, 0.15) is 29.4 Å². The van der Waals surface area contributed by atoms with Crippen LogP contribution in [0.25, 0.3) is 0 Å². The highest BCUT2D eigenvalue weighted by Crippen LogP contribution is 2.18. The molecule has 1 aromatic carbocycles. The van der Waals surface area contributed by atoms with Gasteiger partial charge in [-0.1, -0.05) is 41.1 Å². The third-order valence-corrected chi connectivity index (χ3v) is 3.52. The summed E-state index contributed by atoms with van der Waals surface area (Å²) in [5.41, 5.74) is 1.69. The zero-order valence-electron chi connectivity index (χ0n) is 10.3. The largest absolute Gasteiger partial charge is 0.292 e. The lowest BCUT2D eigenvalue weighted by molar-refractivity contribution is 0.0982. The molecule has 0 atom stereocenters. The third-order valence-electron chi connectivity index (χ3n) is 2.75. The van der Waals surface area contributed by atoms with E-state index in [0.29, 0.717) is 12.1 Å². The van der Waals surface area contributed by atoms with Crippen molar-refractivity contribution in [3.63, 3.8) is 0 Å². The molecular formula is C14H15BrN2O. The molecule has 2 aromatic rings. The van der Waals surface area contributed by atoms with Gasteiger partial charge in [-0.25, -0.2) is 0 Å². The Bertz CT molecular complexity index is 548. The van der Waals surface area contributed by atoms with E-state index in [2.05, 4.69) is 28.0 Å². The van der Waals surface area contributed by atoms with Crippen LogP contribution in [0.15, 0.2) is 41.0 Å². The molecule has 0 N–H and O–H groups in total. The molecule has 0 fully saturated rings. The Morgan fingerprint density at radius 1 is 1.33 bits per heavy atom. The van der Waals surface area contributed by atoms with Gasteiger partial charge in [-0.05, 0) is 24.1 Å². The lowest BCUT2D eigenvalue weighted by Gasteiger charge is -2.06. The van der Waals surface area contributed by atoms with Gasteiger partial charge in [-0.15, -0.1) is 0 Å². The van der Waals surface area contributed by atoms with Crippen LogP contribution in [0.4, 0.5) is 0 Å². The molecule has 0 saturated carbocycles. The van der Waals surface area contributed by atoms with Crippen LogP contribution in [0.5, 0.6) is 0 Å². The van der Waals surface area contributed by atoms with E-state index in [-0.39, 0.29) is 5.78 Å². The van der Waals surface area contributed by atoms with Crippen molar-refractivity contribution in [2.75, 3.05) is 0 Å². The maximum absolute atomic E-state index is 12.2. The molecule has 0 aliphatic rings. The van der Waals surface area contributed by atoms with E-state index in [1.807, 2.05) is 24.3 Å². The number of hydrogen-bond acceptors (Lipinski definition) is 2. The van der Waals surface area contributed by atoms with Crippen molar-refractivity contribution in [3.05, 3.63) is 52.3 Å². The van der Waals surface area contributed by atoms with Gasteiger partial charge < -0.3 is 0 Å². The Balaban J connectivity index is 2.17. The minimum atomic E-state index is 0.104. The minimum Gasteiger partial charge on any atom is -0.292 e. The summed E-state index contributed by atoms with van der Waals surface area (Å²) in [4.78, 5) is 12.2. The van der Waals surface area contributed by atoms with Gasteiger partial charge >= 0.3 is 0 Å². The molecule has 18 heavy (non-hydrogen) atoms. The van der Waals surface area contributed by atoms with E-state index in [9.17, 15) is 4.79 Å². The van der Waals surface area contributed by atoms with Gasteiger partial charge in [0, 0.05) is 23.6 Å². The number of benzene rings is 1. The molecule has 0 spiro atoms. The topological polar surface area (TPSA) is 34.9 Å². The Labute approximate surface area is 115 Å². The predicted octanol–water partition coefficient (Wildman–Crippen LogP) is 3.48. The SMILES string of the molecule is CCCn1nccc1C(=O)Cc1ccccc1Br. The van der Waals surface area contributed by atoms with Gasteiger partial charge in [0.1, 0.15) is 5.69 Å². The highest BCUT2D eigenvalue weighted by atomic mass is 79.9. The van der Waals surface area contributed by atoms with Crippen LogP contribution in [0.3, 0.4) is 0 Å². The second-order valence-corrected chi connectivity index (χ2v) is 4.99. The summed E-state index contributed by atoms with van der Waals surface area (Å²) in [6, 6.07) is 9.58. The molecule has 1 heterocycles. The van der Waals surface area contributed by atoms with Gasteiger partial charge in [-0.2, -0.15) is 5.10 Å². The first kappa shape index (κ1) is 13.0. The van der Waals surface area contributed by atoms with Crippen molar-refractivity contribution >= 4 is 21.7 Å². The second-order valence-electron chi connectivity index (χ2n) is 4.13. The number of carbonyl (C=O) groups excluding carboxylic acids is 1. The summed E-state index contributed by atoms with van der Waals surface area (Å²) in [5, 5.41) is 4.18. The van der Waals surface area contributed by atoms with Crippen LogP contribution >= 0.6 is 15.9 Å². The zero-order chi connectivity index (χ0) is 13.0. The fourth-order valence-corrected chi connectivity index (χ4v) is 2.29. The van der Waals surface area contributed by atoms with E-state index >= 15 is 0 Å². The van der Waals surface area contributed by atoms with Crippen molar-refractivity contribution in [2.24, 2.45) is 0 Å². The number of hydrogen-bond donors (Lipinski definition) is 0. The standard InChI is InChI=1S/C14H15BrN2O/c1-2-9-17-13(7-8-16-17)14(18)10-11-5-3-4-6-12(11)15/h3-8H,2,9-10H2,1H3. The first-order valence-electron chi connectivity index (χ1n) is 6.00. The molecule has 4 heteroatoms. The highest BCUT2D eigenvalue weighted by Gasteiger charge is 2.13. The van der Waals surface area contributed by atoms with Gasteiger partial charge in [0.05, 0.1) is 0 Å². The van der Waals surface area contributed by atoms with Crippen molar-refractivity contribution in [1.29, 1.82) is 0 Å². The quantitative estimate of drug-likeness (QED) is 0.793. The van der Waals surface area contributed by atoms with Crippen LogP contribution < -0.4 is 0 Å². The summed E-state index contributed by atoms with van der Waals surface area (Å²) >= 11 is 3.46. The molecule has 0 unspecified atom stereocenters. The summed E-state index contributed by atoms with van der Waals surface area (Å²) in [7, 11) is 0. The van der Waals surface area contributed by atoms with Gasteiger partial charge in [-0.3, -0.25) is 9.48 Å². The lowest BCUT2D eigenvalue weighted by Crippen LogP contribution is -2.12. The maximum atomic E-state index is 12.2. The van der Waals surface area contributed by atoms with Gasteiger partial charge in [0.15, 0.2) is 5.78 Å². The summed E-state index contributed by atoms with van der Waals surface area (Å²) in [5.74, 6) is 0.104. The van der Waals surface area contributed by atoms with Crippen molar-refractivity contribution in [1.82, 2.24) is 9.78 Å². The molecule has 3 nitrogen and oxygen atoms in total.